The fourth-order valence-corrected chi connectivity index (χ4v) is 2.64. The summed E-state index contributed by atoms with van der Waals surface area (Å²) >= 11 is 0. The van der Waals surface area contributed by atoms with Gasteiger partial charge >= 0.3 is 0 Å². The second kappa shape index (κ2) is 7.06. The van der Waals surface area contributed by atoms with Crippen LogP contribution in [0.25, 0.3) is 0 Å². The van der Waals surface area contributed by atoms with Crippen molar-refractivity contribution in [1.29, 1.82) is 5.26 Å². The van der Waals surface area contributed by atoms with Gasteiger partial charge in [-0.3, -0.25) is 4.79 Å². The van der Waals surface area contributed by atoms with E-state index in [1.807, 2.05) is 19.1 Å². The Bertz CT molecular complexity index is 513. The molecule has 0 atom stereocenters. The average molecular weight is 271 g/mol. The van der Waals surface area contributed by atoms with E-state index >= 15 is 0 Å². The molecule has 20 heavy (non-hydrogen) atoms. The van der Waals surface area contributed by atoms with Gasteiger partial charge in [0.1, 0.15) is 6.07 Å². The molecule has 2 rings (SSSR count). The second-order valence-corrected chi connectivity index (χ2v) is 5.39. The first-order valence-electron chi connectivity index (χ1n) is 7.21. The molecular weight excluding hydrogens is 250 g/mol. The lowest BCUT2D eigenvalue weighted by Crippen LogP contribution is -2.28. The Morgan fingerprint density at radius 3 is 2.90 bits per heavy atom. The van der Waals surface area contributed by atoms with Crippen LogP contribution in [-0.4, -0.2) is 19.0 Å². The SMILES string of the molecule is Cc1cccc(NC(=O)CCC2CCNCC2)c1C#N. The quantitative estimate of drug-likeness (QED) is 0.884. The Kier molecular flexibility index (Phi) is 5.14. The highest BCUT2D eigenvalue weighted by atomic mass is 16.1. The molecule has 1 fully saturated rings. The number of carbonyl (C=O) groups is 1. The highest BCUT2D eigenvalue weighted by Crippen LogP contribution is 2.21. The Hall–Kier alpha value is -1.86. The average Bonchev–Trinajstić information content (AvgIpc) is 2.46. The molecule has 1 aromatic rings. The van der Waals surface area contributed by atoms with Crippen molar-refractivity contribution in [2.24, 2.45) is 5.92 Å². The number of aryl methyl sites for hydroxylation is 1. The van der Waals surface area contributed by atoms with Crippen molar-refractivity contribution >= 4 is 11.6 Å². The molecule has 1 heterocycles. The fourth-order valence-electron chi connectivity index (χ4n) is 2.64. The summed E-state index contributed by atoms with van der Waals surface area (Å²) in [6.07, 6.45) is 3.77. The lowest BCUT2D eigenvalue weighted by molar-refractivity contribution is -0.116. The summed E-state index contributed by atoms with van der Waals surface area (Å²) in [7, 11) is 0. The molecule has 0 aromatic heterocycles. The van der Waals surface area contributed by atoms with Crippen LogP contribution in [0.1, 0.15) is 36.8 Å². The summed E-state index contributed by atoms with van der Waals surface area (Å²) in [5.41, 5.74) is 2.08. The third kappa shape index (κ3) is 3.82. The minimum absolute atomic E-state index is 0.00522. The zero-order valence-electron chi connectivity index (χ0n) is 11.9. The van der Waals surface area contributed by atoms with Crippen molar-refractivity contribution in [3.8, 4) is 6.07 Å². The molecule has 106 valence electrons. The summed E-state index contributed by atoms with van der Waals surface area (Å²) in [6.45, 7) is 3.99. The zero-order valence-corrected chi connectivity index (χ0v) is 11.9. The largest absolute Gasteiger partial charge is 0.325 e. The smallest absolute Gasteiger partial charge is 0.224 e. The van der Waals surface area contributed by atoms with Gasteiger partial charge in [-0.25, -0.2) is 0 Å². The van der Waals surface area contributed by atoms with E-state index < -0.39 is 0 Å². The molecular formula is C16H21N3O. The van der Waals surface area contributed by atoms with Crippen LogP contribution in [0.4, 0.5) is 5.69 Å². The van der Waals surface area contributed by atoms with Crippen LogP contribution in [0, 0.1) is 24.2 Å². The molecule has 0 aliphatic carbocycles. The summed E-state index contributed by atoms with van der Waals surface area (Å²) < 4.78 is 0. The van der Waals surface area contributed by atoms with Crippen molar-refractivity contribution in [1.82, 2.24) is 5.32 Å². The minimum Gasteiger partial charge on any atom is -0.325 e. The van der Waals surface area contributed by atoms with E-state index in [1.165, 1.54) is 0 Å². The molecule has 0 spiro atoms. The number of anilines is 1. The molecule has 0 unspecified atom stereocenters. The summed E-state index contributed by atoms with van der Waals surface area (Å²) in [5.74, 6) is 0.653. The van der Waals surface area contributed by atoms with Crippen LogP contribution >= 0.6 is 0 Å². The van der Waals surface area contributed by atoms with Crippen LogP contribution in [0.15, 0.2) is 18.2 Å². The molecule has 2 N–H and O–H groups in total. The monoisotopic (exact) mass is 271 g/mol. The number of hydrogen-bond acceptors (Lipinski definition) is 3. The van der Waals surface area contributed by atoms with Gasteiger partial charge in [0, 0.05) is 6.42 Å². The maximum absolute atomic E-state index is 12.0. The van der Waals surface area contributed by atoms with Gasteiger partial charge in [-0.05, 0) is 56.8 Å². The molecule has 0 radical (unpaired) electrons. The molecule has 1 aliphatic heterocycles. The first-order valence-corrected chi connectivity index (χ1v) is 7.21. The molecule has 0 bridgehead atoms. The zero-order chi connectivity index (χ0) is 14.4. The van der Waals surface area contributed by atoms with Gasteiger partial charge in [0.25, 0.3) is 0 Å². The highest BCUT2D eigenvalue weighted by Gasteiger charge is 2.15. The second-order valence-electron chi connectivity index (χ2n) is 5.39. The molecule has 1 aliphatic rings. The van der Waals surface area contributed by atoms with Gasteiger partial charge in [-0.2, -0.15) is 5.26 Å². The number of benzene rings is 1. The summed E-state index contributed by atoms with van der Waals surface area (Å²) in [4.78, 5) is 12.0. The molecule has 1 amide bonds. The van der Waals surface area contributed by atoms with Crippen molar-refractivity contribution in [2.45, 2.75) is 32.6 Å². The van der Waals surface area contributed by atoms with Gasteiger partial charge < -0.3 is 10.6 Å². The van der Waals surface area contributed by atoms with E-state index in [-0.39, 0.29) is 5.91 Å². The van der Waals surface area contributed by atoms with Crippen molar-refractivity contribution in [2.75, 3.05) is 18.4 Å². The number of nitrogens with one attached hydrogen (secondary N) is 2. The van der Waals surface area contributed by atoms with Crippen LogP contribution in [-0.2, 0) is 4.79 Å². The Morgan fingerprint density at radius 1 is 1.45 bits per heavy atom. The van der Waals surface area contributed by atoms with E-state index in [2.05, 4.69) is 16.7 Å². The van der Waals surface area contributed by atoms with Crippen molar-refractivity contribution in [3.05, 3.63) is 29.3 Å². The normalized spacial score (nSPS) is 15.6. The Labute approximate surface area is 120 Å². The summed E-state index contributed by atoms with van der Waals surface area (Å²) in [5, 5.41) is 15.3. The lowest BCUT2D eigenvalue weighted by Gasteiger charge is -2.22. The number of carbonyl (C=O) groups excluding carboxylic acids is 1. The molecule has 1 saturated heterocycles. The number of nitriles is 1. The third-order valence-corrected chi connectivity index (χ3v) is 3.90. The lowest BCUT2D eigenvalue weighted by atomic mass is 9.93. The minimum atomic E-state index is 0.00522. The van der Waals surface area contributed by atoms with Gasteiger partial charge in [0.05, 0.1) is 11.3 Å². The van der Waals surface area contributed by atoms with Crippen molar-refractivity contribution < 1.29 is 4.79 Å². The molecule has 0 saturated carbocycles. The first-order chi connectivity index (χ1) is 9.70. The van der Waals surface area contributed by atoms with Crippen LogP contribution in [0.2, 0.25) is 0 Å². The van der Waals surface area contributed by atoms with Gasteiger partial charge in [0.2, 0.25) is 5.91 Å². The van der Waals surface area contributed by atoms with E-state index in [1.54, 1.807) is 6.07 Å². The van der Waals surface area contributed by atoms with Crippen LogP contribution in [0.5, 0.6) is 0 Å². The first kappa shape index (κ1) is 14.5. The summed E-state index contributed by atoms with van der Waals surface area (Å²) in [6, 6.07) is 7.68. The predicted molar refractivity (Wildman–Crippen MR) is 79.4 cm³/mol. The Balaban J connectivity index is 1.88. The van der Waals surface area contributed by atoms with Gasteiger partial charge in [-0.1, -0.05) is 12.1 Å². The van der Waals surface area contributed by atoms with Crippen molar-refractivity contribution in [3.63, 3.8) is 0 Å². The molecule has 4 heteroatoms. The van der Waals surface area contributed by atoms with Gasteiger partial charge in [-0.15, -0.1) is 0 Å². The van der Waals surface area contributed by atoms with E-state index in [9.17, 15) is 4.79 Å². The number of amides is 1. The van der Waals surface area contributed by atoms with Gasteiger partial charge in [0.15, 0.2) is 0 Å². The van der Waals surface area contributed by atoms with E-state index in [4.69, 9.17) is 5.26 Å². The van der Waals surface area contributed by atoms with Crippen LogP contribution in [0.3, 0.4) is 0 Å². The maximum Gasteiger partial charge on any atom is 0.224 e. The van der Waals surface area contributed by atoms with Crippen LogP contribution < -0.4 is 10.6 Å². The third-order valence-electron chi connectivity index (χ3n) is 3.90. The van der Waals surface area contributed by atoms with E-state index in [0.717, 1.165) is 37.9 Å². The number of rotatable bonds is 4. The predicted octanol–water partition coefficient (Wildman–Crippen LogP) is 2.59. The maximum atomic E-state index is 12.0. The standard InChI is InChI=1S/C16H21N3O/c1-12-3-2-4-15(14(12)11-17)19-16(20)6-5-13-7-9-18-10-8-13/h2-4,13,18H,5-10H2,1H3,(H,19,20). The number of piperidine rings is 1. The number of nitrogens with zero attached hydrogens (tertiary/aromatic N) is 1. The number of hydrogen-bond donors (Lipinski definition) is 2. The topological polar surface area (TPSA) is 64.9 Å². The molecule has 4 nitrogen and oxygen atoms in total. The fraction of sp³-hybridized carbons (Fsp3) is 0.500. The van der Waals surface area contributed by atoms with E-state index in [0.29, 0.717) is 23.6 Å². The Morgan fingerprint density at radius 2 is 2.20 bits per heavy atom. The molecule has 1 aromatic carbocycles. The highest BCUT2D eigenvalue weighted by molar-refractivity contribution is 5.92.